The first-order valence-corrected chi connectivity index (χ1v) is 8.47. The molecule has 1 amide bonds. The predicted molar refractivity (Wildman–Crippen MR) is 86.4 cm³/mol. The van der Waals surface area contributed by atoms with E-state index in [4.69, 9.17) is 4.42 Å². The number of carbonyl (C=O) groups excluding carboxylic acids is 1. The van der Waals surface area contributed by atoms with Gasteiger partial charge in [0.1, 0.15) is 0 Å². The molecule has 2 heterocycles. The van der Waals surface area contributed by atoms with Gasteiger partial charge in [0.2, 0.25) is 5.91 Å². The number of rotatable bonds is 3. The second kappa shape index (κ2) is 4.96. The van der Waals surface area contributed by atoms with E-state index in [1.54, 1.807) is 18.2 Å². The van der Waals surface area contributed by atoms with Gasteiger partial charge in [0, 0.05) is 17.4 Å². The van der Waals surface area contributed by atoms with Crippen molar-refractivity contribution >= 4 is 38.4 Å². The van der Waals surface area contributed by atoms with Gasteiger partial charge in [-0.3, -0.25) is 14.5 Å². The normalized spacial score (nSPS) is 13.8. The minimum Gasteiger partial charge on any atom is -0.408 e. The predicted octanol–water partition coefficient (Wildman–Crippen LogP) is 1.42. The number of benzene rings is 2. The molecule has 0 aliphatic carbocycles. The van der Waals surface area contributed by atoms with E-state index in [-0.39, 0.29) is 22.8 Å². The van der Waals surface area contributed by atoms with Gasteiger partial charge in [-0.15, -0.1) is 0 Å². The van der Waals surface area contributed by atoms with E-state index in [0.29, 0.717) is 16.9 Å². The van der Waals surface area contributed by atoms with Crippen molar-refractivity contribution in [3.8, 4) is 0 Å². The van der Waals surface area contributed by atoms with Crippen molar-refractivity contribution in [3.05, 3.63) is 52.5 Å². The molecule has 8 nitrogen and oxygen atoms in total. The number of H-pyrrole nitrogens is 1. The van der Waals surface area contributed by atoms with Crippen LogP contribution < -0.4 is 15.8 Å². The summed E-state index contributed by atoms with van der Waals surface area (Å²) in [5.41, 5.74) is 2.33. The lowest BCUT2D eigenvalue weighted by atomic mass is 10.1. The first kappa shape index (κ1) is 14.5. The highest BCUT2D eigenvalue weighted by atomic mass is 32.2. The van der Waals surface area contributed by atoms with Crippen LogP contribution in [0.4, 0.5) is 11.4 Å². The Labute approximate surface area is 135 Å². The van der Waals surface area contributed by atoms with Crippen molar-refractivity contribution in [1.82, 2.24) is 4.98 Å². The Morgan fingerprint density at radius 1 is 1.08 bits per heavy atom. The van der Waals surface area contributed by atoms with Gasteiger partial charge in [-0.2, -0.15) is 0 Å². The van der Waals surface area contributed by atoms with E-state index < -0.39 is 15.8 Å². The molecule has 3 N–H and O–H groups in total. The Morgan fingerprint density at radius 2 is 1.92 bits per heavy atom. The molecule has 0 bridgehead atoms. The van der Waals surface area contributed by atoms with E-state index in [1.165, 1.54) is 18.2 Å². The fourth-order valence-corrected chi connectivity index (χ4v) is 3.66. The molecule has 0 unspecified atom stereocenters. The van der Waals surface area contributed by atoms with Gasteiger partial charge in [-0.25, -0.2) is 13.2 Å². The number of aromatic amines is 1. The van der Waals surface area contributed by atoms with E-state index >= 15 is 0 Å². The molecule has 1 aliphatic heterocycles. The lowest BCUT2D eigenvalue weighted by Crippen LogP contribution is -2.13. The van der Waals surface area contributed by atoms with Crippen LogP contribution in [0.1, 0.15) is 5.56 Å². The summed E-state index contributed by atoms with van der Waals surface area (Å²) in [5, 5.41) is 2.68. The van der Waals surface area contributed by atoms with Crippen LogP contribution in [-0.2, 0) is 21.2 Å². The standard InChI is InChI=1S/C15H11N3O5S/c19-14-6-8-5-9(1-3-11(8)16-14)18-24(21,22)10-2-4-12-13(7-10)23-15(20)17-12/h1-5,7,18H,6H2,(H,16,19)(H,17,20). The summed E-state index contributed by atoms with van der Waals surface area (Å²) in [6, 6.07) is 8.92. The Balaban J connectivity index is 1.68. The third kappa shape index (κ3) is 2.44. The Kier molecular flexibility index (Phi) is 3.00. The molecule has 122 valence electrons. The maximum Gasteiger partial charge on any atom is 0.417 e. The number of anilines is 2. The van der Waals surface area contributed by atoms with E-state index in [0.717, 1.165) is 5.56 Å². The van der Waals surface area contributed by atoms with Crippen LogP contribution in [0, 0.1) is 0 Å². The van der Waals surface area contributed by atoms with Gasteiger partial charge in [-0.1, -0.05) is 0 Å². The van der Waals surface area contributed by atoms with Gasteiger partial charge in [0.15, 0.2) is 5.58 Å². The number of aromatic nitrogens is 1. The van der Waals surface area contributed by atoms with E-state index in [2.05, 4.69) is 15.0 Å². The maximum absolute atomic E-state index is 12.5. The number of oxazole rings is 1. The minimum atomic E-state index is -3.86. The fraction of sp³-hybridized carbons (Fsp3) is 0.0667. The molecule has 2 aromatic carbocycles. The first-order chi connectivity index (χ1) is 11.4. The highest BCUT2D eigenvalue weighted by Crippen LogP contribution is 2.27. The zero-order valence-corrected chi connectivity index (χ0v) is 12.9. The van der Waals surface area contributed by atoms with Crippen LogP contribution in [0.2, 0.25) is 0 Å². The molecule has 3 aromatic rings. The lowest BCUT2D eigenvalue weighted by Gasteiger charge is -2.09. The molecule has 4 rings (SSSR count). The molecular formula is C15H11N3O5S. The number of nitrogens with one attached hydrogen (secondary N) is 3. The average Bonchev–Trinajstić information content (AvgIpc) is 3.05. The maximum atomic E-state index is 12.5. The largest absolute Gasteiger partial charge is 0.417 e. The highest BCUT2D eigenvalue weighted by Gasteiger charge is 2.20. The Hall–Kier alpha value is -3.07. The van der Waals surface area contributed by atoms with E-state index in [1.807, 2.05) is 0 Å². The van der Waals surface area contributed by atoms with Crippen LogP contribution in [0.5, 0.6) is 0 Å². The Morgan fingerprint density at radius 3 is 2.75 bits per heavy atom. The van der Waals surface area contributed by atoms with Crippen molar-refractivity contribution in [3.63, 3.8) is 0 Å². The van der Waals surface area contributed by atoms with Crippen molar-refractivity contribution in [2.45, 2.75) is 11.3 Å². The molecular weight excluding hydrogens is 334 g/mol. The number of sulfonamides is 1. The molecule has 1 aromatic heterocycles. The molecule has 0 fully saturated rings. The molecule has 0 radical (unpaired) electrons. The monoisotopic (exact) mass is 345 g/mol. The third-order valence-electron chi connectivity index (χ3n) is 3.69. The zero-order chi connectivity index (χ0) is 16.9. The zero-order valence-electron chi connectivity index (χ0n) is 12.1. The number of carbonyl (C=O) groups is 1. The highest BCUT2D eigenvalue weighted by molar-refractivity contribution is 7.92. The third-order valence-corrected chi connectivity index (χ3v) is 5.06. The summed E-state index contributed by atoms with van der Waals surface area (Å²) < 4.78 is 32.3. The summed E-state index contributed by atoms with van der Waals surface area (Å²) in [7, 11) is -3.86. The summed E-state index contributed by atoms with van der Waals surface area (Å²) in [4.78, 5) is 24.9. The second-order valence-electron chi connectivity index (χ2n) is 5.37. The van der Waals surface area contributed by atoms with Crippen LogP contribution in [-0.4, -0.2) is 19.3 Å². The summed E-state index contributed by atoms with van der Waals surface area (Å²) in [6.07, 6.45) is 0.214. The number of hydrogen-bond donors (Lipinski definition) is 3. The molecule has 1 aliphatic rings. The van der Waals surface area contributed by atoms with Crippen molar-refractivity contribution in [2.75, 3.05) is 10.0 Å². The number of amides is 1. The van der Waals surface area contributed by atoms with Gasteiger partial charge in [0.05, 0.1) is 16.8 Å². The number of fused-ring (bicyclic) bond motifs is 2. The van der Waals surface area contributed by atoms with E-state index in [9.17, 15) is 18.0 Å². The van der Waals surface area contributed by atoms with Crippen LogP contribution in [0.15, 0.2) is 50.5 Å². The molecule has 9 heteroatoms. The minimum absolute atomic E-state index is 0.0348. The van der Waals surface area contributed by atoms with Crippen molar-refractivity contribution in [1.29, 1.82) is 0 Å². The number of hydrogen-bond acceptors (Lipinski definition) is 5. The molecule has 24 heavy (non-hydrogen) atoms. The van der Waals surface area contributed by atoms with Crippen molar-refractivity contribution < 1.29 is 17.6 Å². The summed E-state index contributed by atoms with van der Waals surface area (Å²) in [6.45, 7) is 0. The smallest absolute Gasteiger partial charge is 0.408 e. The summed E-state index contributed by atoms with van der Waals surface area (Å²) in [5.74, 6) is -0.777. The van der Waals surface area contributed by atoms with Gasteiger partial charge in [-0.05, 0) is 35.9 Å². The first-order valence-electron chi connectivity index (χ1n) is 6.99. The fourth-order valence-electron chi connectivity index (χ4n) is 2.60. The van der Waals surface area contributed by atoms with Crippen LogP contribution in [0.3, 0.4) is 0 Å². The molecule has 0 saturated carbocycles. The lowest BCUT2D eigenvalue weighted by molar-refractivity contribution is -0.115. The SMILES string of the molecule is O=C1Cc2cc(NS(=O)(=O)c3ccc4[nH]c(=O)oc4c3)ccc2N1. The Bertz CT molecular complexity index is 1140. The van der Waals surface area contributed by atoms with Gasteiger partial charge in [0.25, 0.3) is 10.0 Å². The van der Waals surface area contributed by atoms with Gasteiger partial charge >= 0.3 is 5.76 Å². The molecule has 0 saturated heterocycles. The molecule has 0 spiro atoms. The quantitative estimate of drug-likeness (QED) is 0.663. The van der Waals surface area contributed by atoms with Crippen molar-refractivity contribution in [2.24, 2.45) is 0 Å². The summed E-state index contributed by atoms with van der Waals surface area (Å²) >= 11 is 0. The average molecular weight is 345 g/mol. The van der Waals surface area contributed by atoms with Gasteiger partial charge < -0.3 is 9.73 Å². The van der Waals surface area contributed by atoms with Crippen LogP contribution in [0.25, 0.3) is 11.1 Å². The molecule has 0 atom stereocenters. The topological polar surface area (TPSA) is 121 Å². The second-order valence-corrected chi connectivity index (χ2v) is 7.06. The van der Waals surface area contributed by atoms with Crippen LogP contribution >= 0.6 is 0 Å².